The van der Waals surface area contributed by atoms with E-state index in [0.717, 1.165) is 18.2 Å². The van der Waals surface area contributed by atoms with E-state index in [-0.39, 0.29) is 21.0 Å². The third-order valence-corrected chi connectivity index (χ3v) is 4.50. The van der Waals surface area contributed by atoms with Gasteiger partial charge >= 0.3 is 0 Å². The molecule has 0 saturated heterocycles. The number of furan rings is 1. The molecule has 1 aromatic carbocycles. The van der Waals surface area contributed by atoms with Crippen LogP contribution in [-0.4, -0.2) is 13.5 Å². The number of hydrogen-bond donors (Lipinski definition) is 2. The zero-order valence-electron chi connectivity index (χ0n) is 9.73. The summed E-state index contributed by atoms with van der Waals surface area (Å²) in [6, 6.07) is 3.39. The molecule has 2 aromatic rings. The second-order valence-electron chi connectivity index (χ2n) is 3.77. The number of anilines is 1. The van der Waals surface area contributed by atoms with Crippen molar-refractivity contribution in [3.63, 3.8) is 0 Å². The van der Waals surface area contributed by atoms with Crippen LogP contribution in [0.1, 0.15) is 5.76 Å². The van der Waals surface area contributed by atoms with E-state index in [1.54, 1.807) is 0 Å². The van der Waals surface area contributed by atoms with Crippen molar-refractivity contribution in [1.82, 2.24) is 0 Å². The molecule has 0 unspecified atom stereocenters. The van der Waals surface area contributed by atoms with Gasteiger partial charge in [-0.05, 0) is 28.1 Å². The average molecular weight is 368 g/mol. The van der Waals surface area contributed by atoms with Gasteiger partial charge in [0.2, 0.25) is 0 Å². The highest BCUT2D eigenvalue weighted by molar-refractivity contribution is 9.10. The van der Waals surface area contributed by atoms with Crippen LogP contribution >= 0.6 is 15.9 Å². The van der Waals surface area contributed by atoms with Crippen LogP contribution in [0.2, 0.25) is 0 Å². The molecule has 0 atom stereocenters. The molecule has 0 bridgehead atoms. The Morgan fingerprint density at radius 2 is 1.80 bits per heavy atom. The second kappa shape index (κ2) is 5.51. The van der Waals surface area contributed by atoms with Crippen molar-refractivity contribution in [2.75, 3.05) is 4.72 Å². The lowest BCUT2D eigenvalue weighted by Gasteiger charge is -2.06. The summed E-state index contributed by atoms with van der Waals surface area (Å²) in [5.41, 5.74) is -0.263. The summed E-state index contributed by atoms with van der Waals surface area (Å²) in [5, 5.41) is 8.87. The van der Waals surface area contributed by atoms with E-state index in [1.165, 1.54) is 0 Å². The highest BCUT2D eigenvalue weighted by Gasteiger charge is 2.23. The Morgan fingerprint density at radius 3 is 2.30 bits per heavy atom. The molecule has 20 heavy (non-hydrogen) atoms. The van der Waals surface area contributed by atoms with Gasteiger partial charge in [-0.2, -0.15) is 0 Å². The van der Waals surface area contributed by atoms with Crippen LogP contribution in [0.25, 0.3) is 0 Å². The molecule has 0 saturated carbocycles. The van der Waals surface area contributed by atoms with E-state index in [2.05, 4.69) is 15.9 Å². The predicted molar refractivity (Wildman–Crippen MR) is 69.5 cm³/mol. The Labute approximate surface area is 121 Å². The van der Waals surface area contributed by atoms with Crippen molar-refractivity contribution >= 4 is 31.6 Å². The topological polar surface area (TPSA) is 79.5 Å². The Hall–Kier alpha value is -1.45. The standard InChI is InChI=1S/C11H8BrF2NO4S/c12-11-10(4-9(5-16)19-11)20(17,18)15-8-2-6(13)1-7(14)3-8/h1-4,15-16H,5H2. The maximum absolute atomic E-state index is 13.0. The zero-order valence-corrected chi connectivity index (χ0v) is 12.1. The lowest BCUT2D eigenvalue weighted by molar-refractivity contribution is 0.245. The van der Waals surface area contributed by atoms with Crippen molar-refractivity contribution in [1.29, 1.82) is 0 Å². The fraction of sp³-hybridized carbons (Fsp3) is 0.0909. The first-order valence-corrected chi connectivity index (χ1v) is 7.47. The highest BCUT2D eigenvalue weighted by Crippen LogP contribution is 2.28. The molecular formula is C11H8BrF2NO4S. The summed E-state index contributed by atoms with van der Waals surface area (Å²) >= 11 is 2.89. The highest BCUT2D eigenvalue weighted by atomic mass is 79.9. The number of benzene rings is 1. The average Bonchev–Trinajstić information content (AvgIpc) is 2.69. The van der Waals surface area contributed by atoms with Crippen molar-refractivity contribution in [3.8, 4) is 0 Å². The van der Waals surface area contributed by atoms with Gasteiger partial charge in [0.1, 0.15) is 28.9 Å². The number of rotatable bonds is 4. The second-order valence-corrected chi connectivity index (χ2v) is 6.14. The molecule has 2 rings (SSSR count). The van der Waals surface area contributed by atoms with E-state index in [9.17, 15) is 17.2 Å². The normalized spacial score (nSPS) is 11.6. The fourth-order valence-corrected chi connectivity index (χ4v) is 3.52. The molecule has 0 spiro atoms. The van der Waals surface area contributed by atoms with Crippen LogP contribution < -0.4 is 4.72 Å². The van der Waals surface area contributed by atoms with Gasteiger partial charge in [-0.25, -0.2) is 17.2 Å². The number of halogens is 3. The number of aliphatic hydroxyl groups excluding tert-OH is 1. The Kier molecular flexibility index (Phi) is 4.11. The van der Waals surface area contributed by atoms with Gasteiger partial charge in [-0.15, -0.1) is 0 Å². The van der Waals surface area contributed by atoms with E-state index < -0.39 is 28.3 Å². The predicted octanol–water partition coefficient (Wildman–Crippen LogP) is 2.61. The van der Waals surface area contributed by atoms with E-state index >= 15 is 0 Å². The molecule has 9 heteroatoms. The summed E-state index contributed by atoms with van der Waals surface area (Å²) in [6.45, 7) is -0.483. The van der Waals surface area contributed by atoms with E-state index in [4.69, 9.17) is 9.52 Å². The molecule has 0 radical (unpaired) electrons. The minimum Gasteiger partial charge on any atom is -0.450 e. The molecule has 2 N–H and O–H groups in total. The van der Waals surface area contributed by atoms with Gasteiger partial charge in [0, 0.05) is 12.1 Å². The molecular weight excluding hydrogens is 360 g/mol. The maximum atomic E-state index is 13.0. The van der Waals surface area contributed by atoms with Crippen LogP contribution in [-0.2, 0) is 16.6 Å². The molecule has 5 nitrogen and oxygen atoms in total. The molecule has 1 aromatic heterocycles. The van der Waals surface area contributed by atoms with Gasteiger partial charge in [0.05, 0.1) is 5.69 Å². The van der Waals surface area contributed by atoms with Gasteiger partial charge in [-0.1, -0.05) is 0 Å². The lowest BCUT2D eigenvalue weighted by atomic mass is 10.3. The van der Waals surface area contributed by atoms with Crippen LogP contribution in [0.4, 0.5) is 14.5 Å². The first-order valence-electron chi connectivity index (χ1n) is 5.20. The van der Waals surface area contributed by atoms with Gasteiger partial charge in [0.25, 0.3) is 10.0 Å². The largest absolute Gasteiger partial charge is 0.450 e. The SMILES string of the molecule is O=S(=O)(Nc1cc(F)cc(F)c1)c1cc(CO)oc1Br. The Morgan fingerprint density at radius 1 is 1.20 bits per heavy atom. The van der Waals surface area contributed by atoms with Crippen molar-refractivity contribution in [3.05, 3.63) is 46.3 Å². The fourth-order valence-electron chi connectivity index (χ4n) is 1.48. The van der Waals surface area contributed by atoms with Crippen molar-refractivity contribution < 1.29 is 26.7 Å². The maximum Gasteiger partial charge on any atom is 0.266 e. The summed E-state index contributed by atoms with van der Waals surface area (Å²) in [6.07, 6.45) is 0. The van der Waals surface area contributed by atoms with Gasteiger partial charge in [-0.3, -0.25) is 4.72 Å². The number of nitrogens with one attached hydrogen (secondary N) is 1. The molecule has 108 valence electrons. The number of hydrogen-bond acceptors (Lipinski definition) is 4. The Bertz CT molecular complexity index is 725. The summed E-state index contributed by atoms with van der Waals surface area (Å²) in [7, 11) is -4.10. The molecule has 0 fully saturated rings. The smallest absolute Gasteiger partial charge is 0.266 e. The minimum atomic E-state index is -4.10. The van der Waals surface area contributed by atoms with Crippen molar-refractivity contribution in [2.45, 2.75) is 11.5 Å². The van der Waals surface area contributed by atoms with Crippen molar-refractivity contribution in [2.24, 2.45) is 0 Å². The lowest BCUT2D eigenvalue weighted by Crippen LogP contribution is -2.13. The third-order valence-electron chi connectivity index (χ3n) is 2.27. The summed E-state index contributed by atoms with van der Waals surface area (Å²) in [5.74, 6) is -1.79. The van der Waals surface area contributed by atoms with E-state index in [0.29, 0.717) is 6.07 Å². The molecule has 0 aliphatic rings. The molecule has 0 amide bonds. The quantitative estimate of drug-likeness (QED) is 0.870. The third kappa shape index (κ3) is 3.17. The van der Waals surface area contributed by atoms with Gasteiger partial charge in [0.15, 0.2) is 4.67 Å². The van der Waals surface area contributed by atoms with Crippen LogP contribution in [0.3, 0.4) is 0 Å². The Balaban J connectivity index is 2.37. The summed E-state index contributed by atoms with van der Waals surface area (Å²) < 4.78 is 56.9. The van der Waals surface area contributed by atoms with Gasteiger partial charge < -0.3 is 9.52 Å². The molecule has 1 heterocycles. The summed E-state index contributed by atoms with van der Waals surface area (Å²) in [4.78, 5) is -0.286. The van der Waals surface area contributed by atoms with E-state index in [1.807, 2.05) is 4.72 Å². The zero-order chi connectivity index (χ0) is 14.9. The minimum absolute atomic E-state index is 0.0303. The number of aliphatic hydroxyl groups is 1. The van der Waals surface area contributed by atoms with Crippen LogP contribution in [0, 0.1) is 11.6 Å². The first-order chi connectivity index (χ1) is 9.31. The molecule has 0 aliphatic heterocycles. The first kappa shape index (κ1) is 14.9. The van der Waals surface area contributed by atoms with Crippen LogP contribution in [0.5, 0.6) is 0 Å². The number of sulfonamides is 1. The van der Waals surface area contributed by atoms with Crippen LogP contribution in [0.15, 0.2) is 38.2 Å². The molecule has 0 aliphatic carbocycles. The monoisotopic (exact) mass is 367 g/mol.